The number of hydrogen-bond donors (Lipinski definition) is 2. The van der Waals surface area contributed by atoms with Crippen molar-refractivity contribution in [1.82, 2.24) is 19.6 Å². The van der Waals surface area contributed by atoms with Crippen LogP contribution in [0, 0.1) is 13.8 Å². The predicted octanol–water partition coefficient (Wildman–Crippen LogP) is 5.43. The van der Waals surface area contributed by atoms with Crippen LogP contribution in [0.15, 0.2) is 113 Å². The van der Waals surface area contributed by atoms with Gasteiger partial charge < -0.3 is 0 Å². The number of aryl methyl sites for hydroxylation is 2. The van der Waals surface area contributed by atoms with Gasteiger partial charge in [-0.15, -0.1) is 0 Å². The van der Waals surface area contributed by atoms with Crippen LogP contribution in [-0.4, -0.2) is 25.3 Å². The summed E-state index contributed by atoms with van der Waals surface area (Å²) in [6.07, 6.45) is 0. The Kier molecular flexibility index (Phi) is 5.96. The van der Waals surface area contributed by atoms with Crippen LogP contribution in [0.1, 0.15) is 38.8 Å². The molecule has 0 bridgehead atoms. The highest BCUT2D eigenvalue weighted by Crippen LogP contribution is 2.32. The molecule has 7 nitrogen and oxygen atoms in total. The summed E-state index contributed by atoms with van der Waals surface area (Å²) in [4.78, 5) is 42.5. The Bertz CT molecular complexity index is 1840. The number of para-hydroxylation sites is 2. The summed E-state index contributed by atoms with van der Waals surface area (Å²) in [7, 11) is 0. The van der Waals surface area contributed by atoms with Gasteiger partial charge in [-0.3, -0.25) is 24.6 Å². The molecule has 2 heterocycles. The molecule has 2 aromatic heterocycles. The summed E-state index contributed by atoms with van der Waals surface area (Å²) in [5.41, 5.74) is 2.53. The minimum absolute atomic E-state index is 0.246. The van der Waals surface area contributed by atoms with Crippen molar-refractivity contribution in [3.63, 3.8) is 0 Å². The third-order valence-electron chi connectivity index (χ3n) is 7.16. The number of rotatable bonds is 6. The number of ketones is 1. The third-order valence-corrected chi connectivity index (χ3v) is 7.16. The van der Waals surface area contributed by atoms with E-state index in [-0.39, 0.29) is 28.0 Å². The highest BCUT2D eigenvalue weighted by atomic mass is 16.1. The number of carbonyl (C=O) groups is 1. The standard InChI is InChI=1S/C32H26N4O3/c1-20-27(31(38)35(33-20)23-14-5-3-6-15-23)29(30(37)26-19-11-13-22-12-9-10-18-25(22)26)28-21(2)34-36(32(28)39)24-16-7-4-8-17-24/h3-19,29,33-34H,1-2H3. The molecule has 7 heteroatoms. The molecule has 0 radical (unpaired) electrons. The van der Waals surface area contributed by atoms with Crippen molar-refractivity contribution >= 4 is 16.6 Å². The third kappa shape index (κ3) is 4.05. The maximum absolute atomic E-state index is 14.5. The molecule has 0 saturated heterocycles. The summed E-state index contributed by atoms with van der Waals surface area (Å²) in [5.74, 6) is -1.44. The number of nitrogens with zero attached hydrogens (tertiary/aromatic N) is 2. The van der Waals surface area contributed by atoms with Crippen LogP contribution in [0.5, 0.6) is 0 Å². The van der Waals surface area contributed by atoms with E-state index in [1.165, 1.54) is 9.36 Å². The summed E-state index contributed by atoms with van der Waals surface area (Å²) in [6, 6.07) is 31.5. The molecule has 0 atom stereocenters. The lowest BCUT2D eigenvalue weighted by Gasteiger charge is -2.16. The molecule has 0 saturated carbocycles. The van der Waals surface area contributed by atoms with Gasteiger partial charge in [-0.1, -0.05) is 78.9 Å². The number of fused-ring (bicyclic) bond motifs is 1. The average molecular weight is 515 g/mol. The molecule has 39 heavy (non-hydrogen) atoms. The molecule has 0 unspecified atom stereocenters. The number of carbonyl (C=O) groups excluding carboxylic acids is 1. The Morgan fingerprint density at radius 1 is 0.615 bits per heavy atom. The number of benzene rings is 4. The topological polar surface area (TPSA) is 92.7 Å². The fourth-order valence-electron chi connectivity index (χ4n) is 5.32. The van der Waals surface area contributed by atoms with Crippen molar-refractivity contribution in [3.8, 4) is 11.4 Å². The Morgan fingerprint density at radius 2 is 1.08 bits per heavy atom. The van der Waals surface area contributed by atoms with E-state index in [2.05, 4.69) is 10.2 Å². The second kappa shape index (κ2) is 9.61. The lowest BCUT2D eigenvalue weighted by atomic mass is 9.83. The lowest BCUT2D eigenvalue weighted by molar-refractivity contribution is 0.0974. The smallest absolute Gasteiger partial charge is 0.275 e. The molecule has 6 rings (SSSR count). The van der Waals surface area contributed by atoms with Gasteiger partial charge in [-0.05, 0) is 48.9 Å². The number of hydrogen-bond acceptors (Lipinski definition) is 3. The number of aromatic amines is 2. The highest BCUT2D eigenvalue weighted by Gasteiger charge is 2.35. The fourth-order valence-corrected chi connectivity index (χ4v) is 5.32. The van der Waals surface area contributed by atoms with Gasteiger partial charge in [0.1, 0.15) is 0 Å². The Morgan fingerprint density at radius 3 is 1.62 bits per heavy atom. The van der Waals surface area contributed by atoms with Crippen LogP contribution in [0.25, 0.3) is 22.1 Å². The van der Waals surface area contributed by atoms with Gasteiger partial charge in [0, 0.05) is 17.0 Å². The molecular formula is C32H26N4O3. The van der Waals surface area contributed by atoms with Crippen molar-refractivity contribution < 1.29 is 4.79 Å². The zero-order chi connectivity index (χ0) is 27.1. The van der Waals surface area contributed by atoms with Gasteiger partial charge in [0.2, 0.25) is 0 Å². The van der Waals surface area contributed by atoms with Gasteiger partial charge in [-0.25, -0.2) is 9.36 Å². The van der Waals surface area contributed by atoms with Crippen molar-refractivity contribution in [1.29, 1.82) is 0 Å². The first-order chi connectivity index (χ1) is 19.0. The first kappa shape index (κ1) is 24.2. The Labute approximate surface area is 224 Å². The first-order valence-corrected chi connectivity index (χ1v) is 12.7. The molecule has 0 amide bonds. The Hall–Kier alpha value is -5.17. The molecule has 192 valence electrons. The highest BCUT2D eigenvalue weighted by molar-refractivity contribution is 6.12. The van der Waals surface area contributed by atoms with E-state index in [4.69, 9.17) is 0 Å². The summed E-state index contributed by atoms with van der Waals surface area (Å²) < 4.78 is 2.84. The van der Waals surface area contributed by atoms with Crippen molar-refractivity contribution in [2.24, 2.45) is 0 Å². The summed E-state index contributed by atoms with van der Waals surface area (Å²) >= 11 is 0. The van der Waals surface area contributed by atoms with Gasteiger partial charge in [-0.2, -0.15) is 0 Å². The minimum atomic E-state index is -1.13. The number of H-pyrrole nitrogens is 2. The second-order valence-electron chi connectivity index (χ2n) is 9.58. The van der Waals surface area contributed by atoms with E-state index in [9.17, 15) is 14.4 Å². The molecule has 2 N–H and O–H groups in total. The predicted molar refractivity (Wildman–Crippen MR) is 152 cm³/mol. The largest absolute Gasteiger partial charge is 0.295 e. The SMILES string of the molecule is Cc1[nH]n(-c2ccccc2)c(=O)c1C(C(=O)c1cccc2ccccc12)c1c(C)[nH]n(-c2ccccc2)c1=O. The van der Waals surface area contributed by atoms with E-state index < -0.39 is 5.92 Å². The van der Waals surface area contributed by atoms with E-state index >= 15 is 0 Å². The lowest BCUT2D eigenvalue weighted by Crippen LogP contribution is -2.29. The van der Waals surface area contributed by atoms with E-state index in [1.54, 1.807) is 19.9 Å². The zero-order valence-electron chi connectivity index (χ0n) is 21.5. The molecule has 0 aliphatic carbocycles. The van der Waals surface area contributed by atoms with Crippen molar-refractivity contribution in [3.05, 3.63) is 152 Å². The molecule has 6 aromatic rings. The van der Waals surface area contributed by atoms with Crippen LogP contribution >= 0.6 is 0 Å². The van der Waals surface area contributed by atoms with Gasteiger partial charge >= 0.3 is 0 Å². The van der Waals surface area contributed by atoms with Gasteiger partial charge in [0.25, 0.3) is 11.1 Å². The number of aromatic nitrogens is 4. The molecule has 0 aliphatic rings. The normalized spacial score (nSPS) is 11.4. The zero-order valence-corrected chi connectivity index (χ0v) is 21.5. The fraction of sp³-hybridized carbons (Fsp3) is 0.0938. The summed E-state index contributed by atoms with van der Waals surface area (Å²) in [5, 5.41) is 7.94. The van der Waals surface area contributed by atoms with E-state index in [0.717, 1.165) is 10.8 Å². The van der Waals surface area contributed by atoms with Gasteiger partial charge in [0.05, 0.1) is 28.4 Å². The summed E-state index contributed by atoms with van der Waals surface area (Å²) in [6.45, 7) is 3.52. The molecule has 4 aromatic carbocycles. The van der Waals surface area contributed by atoms with Crippen molar-refractivity contribution in [2.45, 2.75) is 19.8 Å². The van der Waals surface area contributed by atoms with Crippen LogP contribution < -0.4 is 11.1 Å². The minimum Gasteiger partial charge on any atom is -0.295 e. The van der Waals surface area contributed by atoms with E-state index in [1.807, 2.05) is 97.1 Å². The monoisotopic (exact) mass is 514 g/mol. The maximum Gasteiger partial charge on any atom is 0.275 e. The molecule has 0 spiro atoms. The molecular weight excluding hydrogens is 488 g/mol. The van der Waals surface area contributed by atoms with Crippen molar-refractivity contribution in [2.75, 3.05) is 0 Å². The molecule has 0 fully saturated rings. The first-order valence-electron chi connectivity index (χ1n) is 12.7. The van der Waals surface area contributed by atoms with Crippen LogP contribution in [-0.2, 0) is 0 Å². The quantitative estimate of drug-likeness (QED) is 0.290. The molecule has 0 aliphatic heterocycles. The Balaban J connectivity index is 1.63. The van der Waals surface area contributed by atoms with Gasteiger partial charge in [0.15, 0.2) is 5.78 Å². The number of nitrogens with one attached hydrogen (secondary N) is 2. The maximum atomic E-state index is 14.5. The van der Waals surface area contributed by atoms with E-state index in [0.29, 0.717) is 28.3 Å². The van der Waals surface area contributed by atoms with Crippen LogP contribution in [0.4, 0.5) is 0 Å². The van der Waals surface area contributed by atoms with Crippen LogP contribution in [0.2, 0.25) is 0 Å². The second-order valence-corrected chi connectivity index (χ2v) is 9.58. The number of Topliss-reactive ketones (excluding diaryl/α,β-unsaturated/α-hetero) is 1. The average Bonchev–Trinajstić information content (AvgIpc) is 3.43. The van der Waals surface area contributed by atoms with Crippen LogP contribution in [0.3, 0.4) is 0 Å².